The highest BCUT2D eigenvalue weighted by Crippen LogP contribution is 2.17. The number of esters is 1. The van der Waals surface area contributed by atoms with Crippen LogP contribution in [-0.4, -0.2) is 37.9 Å². The lowest BCUT2D eigenvalue weighted by Gasteiger charge is -2.13. The molecule has 7 nitrogen and oxygen atoms in total. The summed E-state index contributed by atoms with van der Waals surface area (Å²) >= 11 is 0. The van der Waals surface area contributed by atoms with Crippen LogP contribution in [0.5, 0.6) is 0 Å². The molecule has 166 valence electrons. The molecule has 1 unspecified atom stereocenters. The molecule has 0 bridgehead atoms. The number of hydrogen-bond donors (Lipinski definition) is 1. The van der Waals surface area contributed by atoms with E-state index in [0.717, 1.165) is 12.1 Å². The third-order valence-corrected chi connectivity index (χ3v) is 4.64. The lowest BCUT2D eigenvalue weighted by molar-refractivity contribution is -0.141. The summed E-state index contributed by atoms with van der Waals surface area (Å²) in [7, 11) is 3.83. The minimum Gasteiger partial charge on any atom is -0.450 e. The highest BCUT2D eigenvalue weighted by molar-refractivity contribution is 6.03. The van der Waals surface area contributed by atoms with Crippen LogP contribution in [0, 0.1) is 11.3 Å². The maximum absolute atomic E-state index is 12.6. The van der Waals surface area contributed by atoms with E-state index < -0.39 is 17.9 Å². The fraction of sp³-hybridized carbons (Fsp3) is 0.280. The summed E-state index contributed by atoms with van der Waals surface area (Å²) in [4.78, 5) is 38.6. The number of nitrogens with one attached hydrogen (secondary N) is 1. The maximum atomic E-state index is 12.6. The number of nitrogens with zero attached hydrogens (tertiary/aromatic N) is 2. The number of ether oxygens (including phenoxy) is 1. The maximum Gasteiger partial charge on any atom is 0.349 e. The molecular weight excluding hydrogens is 406 g/mol. The second-order valence-corrected chi connectivity index (χ2v) is 7.44. The Hall–Kier alpha value is -3.92. The van der Waals surface area contributed by atoms with Crippen LogP contribution in [0.2, 0.25) is 0 Å². The Kier molecular flexibility index (Phi) is 8.72. The van der Waals surface area contributed by atoms with Gasteiger partial charge in [0.1, 0.15) is 11.6 Å². The van der Waals surface area contributed by atoms with Gasteiger partial charge in [0.15, 0.2) is 6.10 Å². The Labute approximate surface area is 188 Å². The molecule has 1 N–H and O–H groups in total. The minimum absolute atomic E-state index is 0.0963. The number of ketones is 1. The molecule has 32 heavy (non-hydrogen) atoms. The average molecular weight is 434 g/mol. The van der Waals surface area contributed by atoms with Crippen molar-refractivity contribution in [3.05, 3.63) is 65.2 Å². The van der Waals surface area contributed by atoms with Crippen LogP contribution < -0.4 is 10.2 Å². The van der Waals surface area contributed by atoms with Crippen molar-refractivity contribution in [3.63, 3.8) is 0 Å². The van der Waals surface area contributed by atoms with Crippen molar-refractivity contribution < 1.29 is 19.1 Å². The topological polar surface area (TPSA) is 99.5 Å². The van der Waals surface area contributed by atoms with Crippen molar-refractivity contribution in [2.75, 3.05) is 24.3 Å². The van der Waals surface area contributed by atoms with E-state index in [-0.39, 0.29) is 11.5 Å². The molecule has 0 saturated carbocycles. The minimum atomic E-state index is -1.07. The lowest BCUT2D eigenvalue weighted by atomic mass is 10.1. The molecule has 0 aliphatic heterocycles. The average Bonchev–Trinajstić information content (AvgIpc) is 2.77. The second-order valence-electron chi connectivity index (χ2n) is 7.44. The molecule has 7 heteroatoms. The molecule has 0 saturated heterocycles. The largest absolute Gasteiger partial charge is 0.450 e. The number of carbonyl (C=O) groups is 3. The van der Waals surface area contributed by atoms with Crippen LogP contribution in [0.1, 0.15) is 42.6 Å². The van der Waals surface area contributed by atoms with Crippen molar-refractivity contribution in [3.8, 4) is 6.07 Å². The predicted molar refractivity (Wildman–Crippen MR) is 124 cm³/mol. The highest BCUT2D eigenvalue weighted by atomic mass is 16.5. The molecule has 0 fully saturated rings. The van der Waals surface area contributed by atoms with Crippen molar-refractivity contribution >= 4 is 35.1 Å². The summed E-state index contributed by atoms with van der Waals surface area (Å²) in [6.45, 7) is 3.37. The van der Waals surface area contributed by atoms with Gasteiger partial charge < -0.3 is 15.0 Å². The third-order valence-electron chi connectivity index (χ3n) is 4.64. The number of carbonyl (C=O) groups excluding carboxylic acids is 3. The number of Topliss-reactive ketones (excluding diaryl/α,β-unsaturated/α-hetero) is 1. The normalized spacial score (nSPS) is 11.8. The number of benzene rings is 2. The van der Waals surface area contributed by atoms with Gasteiger partial charge in [0, 0.05) is 37.5 Å². The van der Waals surface area contributed by atoms with Crippen molar-refractivity contribution in [1.82, 2.24) is 0 Å². The Morgan fingerprint density at radius 2 is 1.72 bits per heavy atom. The van der Waals surface area contributed by atoms with Crippen LogP contribution in [-0.2, 0) is 14.3 Å². The van der Waals surface area contributed by atoms with E-state index in [1.165, 1.54) is 13.0 Å². The van der Waals surface area contributed by atoms with Crippen LogP contribution >= 0.6 is 0 Å². The lowest BCUT2D eigenvalue weighted by Crippen LogP contribution is -2.25. The van der Waals surface area contributed by atoms with E-state index in [1.54, 1.807) is 36.4 Å². The Bertz CT molecular complexity index is 1030. The van der Waals surface area contributed by atoms with E-state index in [1.807, 2.05) is 44.1 Å². The van der Waals surface area contributed by atoms with Gasteiger partial charge in [-0.3, -0.25) is 9.59 Å². The molecule has 0 radical (unpaired) electrons. The Morgan fingerprint density at radius 3 is 2.25 bits per heavy atom. The van der Waals surface area contributed by atoms with Gasteiger partial charge in [-0.15, -0.1) is 0 Å². The molecule has 0 spiro atoms. The van der Waals surface area contributed by atoms with E-state index in [2.05, 4.69) is 5.32 Å². The molecule has 0 heterocycles. The second kappa shape index (κ2) is 11.5. The van der Waals surface area contributed by atoms with Gasteiger partial charge in [0.05, 0.1) is 0 Å². The number of anilines is 2. The standard InChI is InChI=1S/C25H27N3O4/c1-5-6-23(29)27-21-11-9-19(10-12-21)24(30)17(2)32-25(31)20(16-26)15-18-7-13-22(14-8-18)28(3)4/h7-15,17H,5-6H2,1-4H3,(H,27,29)/b20-15-. The first-order valence-corrected chi connectivity index (χ1v) is 10.3. The third kappa shape index (κ3) is 6.81. The molecule has 0 aliphatic carbocycles. The van der Waals surface area contributed by atoms with Crippen molar-refractivity contribution in [1.29, 1.82) is 5.26 Å². The number of nitriles is 1. The fourth-order valence-electron chi connectivity index (χ4n) is 2.85. The van der Waals surface area contributed by atoms with Gasteiger partial charge in [-0.1, -0.05) is 19.1 Å². The Balaban J connectivity index is 2.04. The molecule has 2 rings (SSSR count). The first-order valence-electron chi connectivity index (χ1n) is 10.3. The first-order chi connectivity index (χ1) is 15.2. The quantitative estimate of drug-likeness (QED) is 0.275. The molecular formula is C25H27N3O4. The van der Waals surface area contributed by atoms with E-state index >= 15 is 0 Å². The zero-order valence-corrected chi connectivity index (χ0v) is 18.7. The van der Waals surface area contributed by atoms with E-state index in [0.29, 0.717) is 23.2 Å². The van der Waals surface area contributed by atoms with Gasteiger partial charge >= 0.3 is 5.97 Å². The number of hydrogen-bond acceptors (Lipinski definition) is 6. The molecule has 1 amide bonds. The highest BCUT2D eigenvalue weighted by Gasteiger charge is 2.22. The van der Waals surface area contributed by atoms with E-state index in [9.17, 15) is 19.6 Å². The predicted octanol–water partition coefficient (Wildman–Crippen LogP) is 4.21. The summed E-state index contributed by atoms with van der Waals surface area (Å²) in [5.41, 5.74) is 2.37. The molecule has 0 aromatic heterocycles. The van der Waals surface area contributed by atoms with Gasteiger partial charge in [-0.2, -0.15) is 5.26 Å². The zero-order valence-electron chi connectivity index (χ0n) is 18.7. The van der Waals surface area contributed by atoms with Crippen LogP contribution in [0.3, 0.4) is 0 Å². The van der Waals surface area contributed by atoms with Gasteiger partial charge in [0.25, 0.3) is 0 Å². The van der Waals surface area contributed by atoms with Crippen LogP contribution in [0.4, 0.5) is 11.4 Å². The van der Waals surface area contributed by atoms with Crippen LogP contribution in [0.15, 0.2) is 54.1 Å². The van der Waals surface area contributed by atoms with Gasteiger partial charge in [0.2, 0.25) is 11.7 Å². The molecule has 2 aromatic rings. The smallest absolute Gasteiger partial charge is 0.349 e. The monoisotopic (exact) mass is 433 g/mol. The van der Waals surface area contributed by atoms with E-state index in [4.69, 9.17) is 4.74 Å². The number of rotatable bonds is 9. The van der Waals surface area contributed by atoms with Gasteiger partial charge in [-0.05, 0) is 61.4 Å². The molecule has 0 aliphatic rings. The van der Waals surface area contributed by atoms with Crippen LogP contribution in [0.25, 0.3) is 6.08 Å². The molecule has 2 aromatic carbocycles. The zero-order chi connectivity index (χ0) is 23.7. The summed E-state index contributed by atoms with van der Waals surface area (Å²) in [5, 5.41) is 12.1. The fourth-order valence-corrected chi connectivity index (χ4v) is 2.85. The Morgan fingerprint density at radius 1 is 1.09 bits per heavy atom. The molecule has 1 atom stereocenters. The summed E-state index contributed by atoms with van der Waals surface area (Å²) in [5.74, 6) is -1.37. The van der Waals surface area contributed by atoms with Crippen molar-refractivity contribution in [2.24, 2.45) is 0 Å². The summed E-state index contributed by atoms with van der Waals surface area (Å²) in [6, 6.07) is 15.5. The SMILES string of the molecule is CCCC(=O)Nc1ccc(C(=O)C(C)OC(=O)/C(C#N)=C\c2ccc(N(C)C)cc2)cc1. The number of amides is 1. The summed E-state index contributed by atoms with van der Waals surface area (Å²) < 4.78 is 5.22. The summed E-state index contributed by atoms with van der Waals surface area (Å²) in [6.07, 6.45) is 1.51. The van der Waals surface area contributed by atoms with Gasteiger partial charge in [-0.25, -0.2) is 4.79 Å². The van der Waals surface area contributed by atoms with Crippen molar-refractivity contribution in [2.45, 2.75) is 32.8 Å². The first kappa shape index (κ1) is 24.4.